The minimum absolute atomic E-state index is 0.607. The fraction of sp³-hybridized carbons (Fsp3) is 0.250. The van der Waals surface area contributed by atoms with E-state index in [-0.39, 0.29) is 0 Å². The van der Waals surface area contributed by atoms with Crippen LogP contribution in [0.4, 0.5) is 0 Å². The molecule has 1 aliphatic rings. The number of thiophene rings is 1. The van der Waals surface area contributed by atoms with Crippen LogP contribution in [0.5, 0.6) is 0 Å². The van der Waals surface area contributed by atoms with Crippen molar-refractivity contribution in [1.29, 1.82) is 0 Å². The molecule has 1 heterocycles. The van der Waals surface area contributed by atoms with Crippen molar-refractivity contribution in [3.8, 4) is 0 Å². The van der Waals surface area contributed by atoms with Crippen LogP contribution in [-0.4, -0.2) is 0 Å². The zero-order chi connectivity index (χ0) is 7.14. The van der Waals surface area contributed by atoms with Crippen LogP contribution in [0.15, 0.2) is 15.9 Å². The summed E-state index contributed by atoms with van der Waals surface area (Å²) in [4.78, 5) is 1.42. The lowest BCUT2D eigenvalue weighted by atomic mass is 10.1. The van der Waals surface area contributed by atoms with Gasteiger partial charge in [-0.25, -0.2) is 0 Å². The molecular formula is C8H7BrS. The van der Waals surface area contributed by atoms with Crippen LogP contribution >= 0.6 is 27.3 Å². The van der Waals surface area contributed by atoms with E-state index in [0.29, 0.717) is 5.92 Å². The predicted octanol–water partition coefficient (Wildman–Crippen LogP) is 3.64. The summed E-state index contributed by atoms with van der Waals surface area (Å²) in [5.74, 6) is 0.607. The van der Waals surface area contributed by atoms with Gasteiger partial charge in [0.05, 0.1) is 0 Å². The van der Waals surface area contributed by atoms with Crippen molar-refractivity contribution in [3.63, 3.8) is 0 Å². The average molecular weight is 215 g/mol. The third-order valence-corrected chi connectivity index (χ3v) is 3.73. The molecule has 0 radical (unpaired) electrons. The Morgan fingerprint density at radius 2 is 2.40 bits per heavy atom. The van der Waals surface area contributed by atoms with Crippen molar-refractivity contribution in [3.05, 3.63) is 26.4 Å². The van der Waals surface area contributed by atoms with Crippen molar-refractivity contribution in [1.82, 2.24) is 0 Å². The van der Waals surface area contributed by atoms with E-state index >= 15 is 0 Å². The maximum absolute atomic E-state index is 3.53. The van der Waals surface area contributed by atoms with Gasteiger partial charge in [0.2, 0.25) is 0 Å². The standard InChI is InChI=1S/C8H7BrS/c1-5-2-3-7-8(5)6(9)4-10-7/h2-5H,1H3. The minimum atomic E-state index is 0.607. The Morgan fingerprint density at radius 3 is 3.10 bits per heavy atom. The first-order chi connectivity index (χ1) is 4.79. The van der Waals surface area contributed by atoms with Gasteiger partial charge in [-0.15, -0.1) is 11.3 Å². The van der Waals surface area contributed by atoms with Crippen molar-refractivity contribution >= 4 is 33.3 Å². The molecule has 0 nitrogen and oxygen atoms in total. The van der Waals surface area contributed by atoms with Crippen LogP contribution < -0.4 is 0 Å². The van der Waals surface area contributed by atoms with Crippen molar-refractivity contribution in [2.24, 2.45) is 0 Å². The zero-order valence-electron chi connectivity index (χ0n) is 5.60. The van der Waals surface area contributed by atoms with Gasteiger partial charge >= 0.3 is 0 Å². The Bertz CT molecular complexity index is 285. The molecular weight excluding hydrogens is 208 g/mol. The number of hydrogen-bond donors (Lipinski definition) is 0. The molecule has 0 N–H and O–H groups in total. The van der Waals surface area contributed by atoms with Gasteiger partial charge in [0.25, 0.3) is 0 Å². The second-order valence-corrected chi connectivity index (χ2v) is 4.27. The summed E-state index contributed by atoms with van der Waals surface area (Å²) >= 11 is 5.34. The van der Waals surface area contributed by atoms with E-state index in [9.17, 15) is 0 Å². The molecule has 52 valence electrons. The molecule has 0 saturated heterocycles. The van der Waals surface area contributed by atoms with Crippen LogP contribution in [0.25, 0.3) is 6.08 Å². The van der Waals surface area contributed by atoms with E-state index in [1.807, 2.05) is 11.3 Å². The van der Waals surface area contributed by atoms with Crippen LogP contribution in [0.3, 0.4) is 0 Å². The highest BCUT2D eigenvalue weighted by Crippen LogP contribution is 2.39. The van der Waals surface area contributed by atoms with Gasteiger partial charge < -0.3 is 0 Å². The van der Waals surface area contributed by atoms with E-state index in [4.69, 9.17) is 0 Å². The molecule has 0 aliphatic heterocycles. The van der Waals surface area contributed by atoms with Crippen molar-refractivity contribution in [2.45, 2.75) is 12.8 Å². The molecule has 0 bridgehead atoms. The Labute approximate surface area is 72.7 Å². The molecule has 0 saturated carbocycles. The van der Waals surface area contributed by atoms with Gasteiger partial charge in [-0.05, 0) is 27.6 Å². The first-order valence-corrected chi connectivity index (χ1v) is 4.91. The Hall–Kier alpha value is -0.0800. The second kappa shape index (κ2) is 2.21. The van der Waals surface area contributed by atoms with E-state index in [2.05, 4.69) is 40.4 Å². The monoisotopic (exact) mass is 214 g/mol. The van der Waals surface area contributed by atoms with Crippen LogP contribution in [0.2, 0.25) is 0 Å². The van der Waals surface area contributed by atoms with Crippen LogP contribution in [-0.2, 0) is 0 Å². The Morgan fingerprint density at radius 1 is 1.60 bits per heavy atom. The summed E-state index contributed by atoms with van der Waals surface area (Å²) in [6, 6.07) is 0. The quantitative estimate of drug-likeness (QED) is 0.619. The molecule has 0 fully saturated rings. The lowest BCUT2D eigenvalue weighted by molar-refractivity contribution is 0.990. The molecule has 0 amide bonds. The van der Waals surface area contributed by atoms with Crippen molar-refractivity contribution in [2.75, 3.05) is 0 Å². The lowest BCUT2D eigenvalue weighted by Gasteiger charge is -1.98. The third-order valence-electron chi connectivity index (χ3n) is 1.80. The lowest BCUT2D eigenvalue weighted by Crippen LogP contribution is -1.82. The molecule has 0 aromatic carbocycles. The van der Waals surface area contributed by atoms with E-state index < -0.39 is 0 Å². The molecule has 0 spiro atoms. The molecule has 1 aromatic rings. The average Bonchev–Trinajstić information content (AvgIpc) is 2.40. The highest BCUT2D eigenvalue weighted by Gasteiger charge is 2.17. The van der Waals surface area contributed by atoms with Gasteiger partial charge in [-0.1, -0.05) is 13.0 Å². The third kappa shape index (κ3) is 0.789. The van der Waals surface area contributed by atoms with Gasteiger partial charge in [0.1, 0.15) is 0 Å². The summed E-state index contributed by atoms with van der Waals surface area (Å²) < 4.78 is 1.27. The highest BCUT2D eigenvalue weighted by atomic mass is 79.9. The highest BCUT2D eigenvalue weighted by molar-refractivity contribution is 9.10. The molecule has 1 aromatic heterocycles. The SMILES string of the molecule is CC1C=Cc2scc(Br)c21. The van der Waals surface area contributed by atoms with Gasteiger partial charge in [-0.3, -0.25) is 0 Å². The number of allylic oxidation sites excluding steroid dienone is 1. The summed E-state index contributed by atoms with van der Waals surface area (Å²) in [6.07, 6.45) is 4.45. The molecule has 1 aliphatic carbocycles. The fourth-order valence-electron chi connectivity index (χ4n) is 1.26. The number of hydrogen-bond acceptors (Lipinski definition) is 1. The van der Waals surface area contributed by atoms with E-state index in [0.717, 1.165) is 0 Å². The van der Waals surface area contributed by atoms with Crippen LogP contribution in [0.1, 0.15) is 23.3 Å². The largest absolute Gasteiger partial charge is 0.143 e. The maximum Gasteiger partial charge on any atom is 0.0326 e. The first-order valence-electron chi connectivity index (χ1n) is 3.24. The van der Waals surface area contributed by atoms with Gasteiger partial charge in [0, 0.05) is 20.6 Å². The first kappa shape index (κ1) is 6.62. The molecule has 2 heteroatoms. The number of rotatable bonds is 0. The van der Waals surface area contributed by atoms with Crippen molar-refractivity contribution < 1.29 is 0 Å². The van der Waals surface area contributed by atoms with E-state index in [1.165, 1.54) is 14.9 Å². The number of halogens is 1. The van der Waals surface area contributed by atoms with Gasteiger partial charge in [0.15, 0.2) is 0 Å². The Kier molecular flexibility index (Phi) is 1.46. The summed E-state index contributed by atoms with van der Waals surface area (Å²) in [6.45, 7) is 2.22. The zero-order valence-corrected chi connectivity index (χ0v) is 8.00. The maximum atomic E-state index is 3.53. The number of fused-ring (bicyclic) bond motifs is 1. The fourth-order valence-corrected chi connectivity index (χ4v) is 3.18. The van der Waals surface area contributed by atoms with Gasteiger partial charge in [-0.2, -0.15) is 0 Å². The normalized spacial score (nSPS) is 21.6. The molecule has 1 unspecified atom stereocenters. The summed E-state index contributed by atoms with van der Waals surface area (Å²) in [7, 11) is 0. The molecule has 1 atom stereocenters. The smallest absolute Gasteiger partial charge is 0.0326 e. The van der Waals surface area contributed by atoms with Crippen LogP contribution in [0, 0.1) is 0 Å². The molecule has 10 heavy (non-hydrogen) atoms. The minimum Gasteiger partial charge on any atom is -0.143 e. The topological polar surface area (TPSA) is 0 Å². The molecule has 2 rings (SSSR count). The second-order valence-electron chi connectivity index (χ2n) is 2.51. The predicted molar refractivity (Wildman–Crippen MR) is 49.5 cm³/mol. The summed E-state index contributed by atoms with van der Waals surface area (Å²) in [5.41, 5.74) is 1.46. The van der Waals surface area contributed by atoms with E-state index in [1.54, 1.807) is 0 Å². The Balaban J connectivity index is 2.63. The summed E-state index contributed by atoms with van der Waals surface area (Å²) in [5, 5.41) is 2.16.